The summed E-state index contributed by atoms with van der Waals surface area (Å²) in [7, 11) is 1.69. The number of ether oxygens (including phenoxy) is 1. The highest BCUT2D eigenvalue weighted by atomic mass is 16.5. The summed E-state index contributed by atoms with van der Waals surface area (Å²) in [5.41, 5.74) is 2.60. The zero-order valence-electron chi connectivity index (χ0n) is 17.2. The van der Waals surface area contributed by atoms with E-state index < -0.39 is 0 Å². The number of carbonyl (C=O) groups excluding carboxylic acids is 1. The molecule has 4 nitrogen and oxygen atoms in total. The van der Waals surface area contributed by atoms with Gasteiger partial charge in [-0.3, -0.25) is 9.69 Å². The fourth-order valence-electron chi connectivity index (χ4n) is 4.53. The van der Waals surface area contributed by atoms with Crippen LogP contribution in [0.2, 0.25) is 0 Å². The Labute approximate surface area is 173 Å². The van der Waals surface area contributed by atoms with Crippen LogP contribution in [0.15, 0.2) is 60.7 Å². The lowest BCUT2D eigenvalue weighted by atomic mass is 9.77. The van der Waals surface area contributed by atoms with E-state index in [1.54, 1.807) is 7.11 Å². The lowest BCUT2D eigenvalue weighted by Gasteiger charge is -2.38. The number of hydrogen-bond donors (Lipinski definition) is 0. The first-order valence-corrected chi connectivity index (χ1v) is 10.5. The molecule has 0 aromatic heterocycles. The van der Waals surface area contributed by atoms with Gasteiger partial charge in [-0.1, -0.05) is 54.6 Å². The minimum absolute atomic E-state index is 0.183. The Hall–Kier alpha value is -2.59. The fraction of sp³-hybridized carbons (Fsp3) is 0.400. The largest absolute Gasteiger partial charge is 0.497 e. The van der Waals surface area contributed by atoms with Crippen molar-refractivity contribution >= 4 is 12.0 Å². The van der Waals surface area contributed by atoms with E-state index in [1.165, 1.54) is 11.1 Å². The Morgan fingerprint density at radius 1 is 1.03 bits per heavy atom. The number of hydrogen-bond acceptors (Lipinski definition) is 3. The van der Waals surface area contributed by atoms with E-state index in [-0.39, 0.29) is 5.41 Å². The van der Waals surface area contributed by atoms with Crippen molar-refractivity contribution in [3.63, 3.8) is 0 Å². The maximum absolute atomic E-state index is 12.6. The number of carbonyl (C=O) groups is 1. The third-order valence-electron chi connectivity index (χ3n) is 6.33. The predicted octanol–water partition coefficient (Wildman–Crippen LogP) is 4.22. The second-order valence-corrected chi connectivity index (χ2v) is 8.39. The molecule has 2 heterocycles. The van der Waals surface area contributed by atoms with Crippen LogP contribution in [0.5, 0.6) is 5.75 Å². The van der Waals surface area contributed by atoms with E-state index >= 15 is 0 Å². The topological polar surface area (TPSA) is 32.8 Å². The van der Waals surface area contributed by atoms with Gasteiger partial charge < -0.3 is 9.64 Å². The van der Waals surface area contributed by atoms with Crippen molar-refractivity contribution in [2.24, 2.45) is 5.41 Å². The first-order chi connectivity index (χ1) is 14.2. The third-order valence-corrected chi connectivity index (χ3v) is 6.33. The molecule has 2 aliphatic rings. The number of nitrogens with zero attached hydrogens (tertiary/aromatic N) is 2. The van der Waals surface area contributed by atoms with Crippen molar-refractivity contribution < 1.29 is 9.53 Å². The number of piperidine rings is 1. The molecule has 0 unspecified atom stereocenters. The molecule has 2 aromatic rings. The number of benzene rings is 2. The molecular weight excluding hydrogens is 360 g/mol. The molecule has 4 rings (SSSR count). The number of amides is 1. The van der Waals surface area contributed by atoms with Crippen LogP contribution in [0.1, 0.15) is 30.4 Å². The van der Waals surface area contributed by atoms with Gasteiger partial charge in [-0.2, -0.15) is 0 Å². The summed E-state index contributed by atoms with van der Waals surface area (Å²) in [4.78, 5) is 17.2. The van der Waals surface area contributed by atoms with Gasteiger partial charge in [0, 0.05) is 26.1 Å². The van der Waals surface area contributed by atoms with E-state index in [4.69, 9.17) is 4.74 Å². The summed E-state index contributed by atoms with van der Waals surface area (Å²) < 4.78 is 5.20. The Morgan fingerprint density at radius 3 is 2.45 bits per heavy atom. The zero-order chi connectivity index (χ0) is 20.1. The molecule has 0 radical (unpaired) electrons. The van der Waals surface area contributed by atoms with E-state index in [0.717, 1.165) is 57.7 Å². The molecule has 0 atom stereocenters. The molecule has 0 bridgehead atoms. The van der Waals surface area contributed by atoms with Gasteiger partial charge in [0.1, 0.15) is 5.75 Å². The van der Waals surface area contributed by atoms with E-state index in [0.29, 0.717) is 5.91 Å². The van der Waals surface area contributed by atoms with Gasteiger partial charge in [0.05, 0.1) is 7.11 Å². The number of rotatable bonds is 6. The number of methoxy groups -OCH3 is 1. The molecule has 0 N–H and O–H groups in total. The highest BCUT2D eigenvalue weighted by Gasteiger charge is 2.44. The van der Waals surface area contributed by atoms with Gasteiger partial charge in [-0.05, 0) is 54.6 Å². The van der Waals surface area contributed by atoms with Crippen LogP contribution in [0, 0.1) is 5.41 Å². The lowest BCUT2D eigenvalue weighted by Crippen LogP contribution is -2.41. The molecule has 152 valence electrons. The van der Waals surface area contributed by atoms with E-state index in [9.17, 15) is 4.79 Å². The summed E-state index contributed by atoms with van der Waals surface area (Å²) >= 11 is 0. The van der Waals surface area contributed by atoms with Gasteiger partial charge in [-0.25, -0.2) is 0 Å². The SMILES string of the molecule is COc1ccc(C=CCN2CCC3(CC2)CC(=O)N(Cc2ccccc2)C3)cc1. The van der Waals surface area contributed by atoms with E-state index in [2.05, 4.69) is 46.2 Å². The molecule has 2 fully saturated rings. The zero-order valence-corrected chi connectivity index (χ0v) is 17.2. The van der Waals surface area contributed by atoms with Gasteiger partial charge in [0.25, 0.3) is 0 Å². The molecule has 2 aliphatic heterocycles. The summed E-state index contributed by atoms with van der Waals surface area (Å²) in [6.45, 7) is 4.76. The monoisotopic (exact) mass is 390 g/mol. The third kappa shape index (κ3) is 4.88. The van der Waals surface area contributed by atoms with Gasteiger partial charge in [-0.15, -0.1) is 0 Å². The fourth-order valence-corrected chi connectivity index (χ4v) is 4.53. The first-order valence-electron chi connectivity index (χ1n) is 10.5. The minimum Gasteiger partial charge on any atom is -0.497 e. The standard InChI is InChI=1S/C25H30N2O2/c1-29-23-11-9-21(10-12-23)8-5-15-26-16-13-25(14-17-26)18-24(28)27(20-25)19-22-6-3-2-4-7-22/h2-12H,13-20H2,1H3. The maximum atomic E-state index is 12.6. The van der Waals surface area contributed by atoms with Crippen LogP contribution in [0.3, 0.4) is 0 Å². The highest BCUT2D eigenvalue weighted by molar-refractivity contribution is 5.79. The normalized spacial score (nSPS) is 19.3. The smallest absolute Gasteiger partial charge is 0.223 e. The molecule has 0 aliphatic carbocycles. The Morgan fingerprint density at radius 2 is 1.76 bits per heavy atom. The first kappa shape index (κ1) is 19.7. The molecule has 2 saturated heterocycles. The molecule has 0 saturated carbocycles. The molecular formula is C25H30N2O2. The van der Waals surface area contributed by atoms with Crippen molar-refractivity contribution in [3.05, 3.63) is 71.8 Å². The van der Waals surface area contributed by atoms with Crippen LogP contribution in [-0.4, -0.2) is 49.0 Å². The van der Waals surface area contributed by atoms with Gasteiger partial charge >= 0.3 is 0 Å². The second-order valence-electron chi connectivity index (χ2n) is 8.39. The van der Waals surface area contributed by atoms with Crippen LogP contribution in [0.25, 0.3) is 6.08 Å². The Kier molecular flexibility index (Phi) is 6.00. The quantitative estimate of drug-likeness (QED) is 0.740. The van der Waals surface area contributed by atoms with Crippen molar-refractivity contribution in [1.82, 2.24) is 9.80 Å². The molecule has 29 heavy (non-hydrogen) atoms. The lowest BCUT2D eigenvalue weighted by molar-refractivity contribution is -0.128. The van der Waals surface area contributed by atoms with Crippen LogP contribution in [0.4, 0.5) is 0 Å². The average molecular weight is 391 g/mol. The van der Waals surface area contributed by atoms with Crippen molar-refractivity contribution in [2.75, 3.05) is 33.3 Å². The van der Waals surface area contributed by atoms with Crippen molar-refractivity contribution in [2.45, 2.75) is 25.8 Å². The van der Waals surface area contributed by atoms with Crippen LogP contribution in [-0.2, 0) is 11.3 Å². The molecule has 4 heteroatoms. The molecule has 1 amide bonds. The Balaban J connectivity index is 1.26. The summed E-state index contributed by atoms with van der Waals surface area (Å²) in [6.07, 6.45) is 7.35. The summed E-state index contributed by atoms with van der Waals surface area (Å²) in [6, 6.07) is 18.5. The van der Waals surface area contributed by atoms with Crippen molar-refractivity contribution in [1.29, 1.82) is 0 Å². The average Bonchev–Trinajstić information content (AvgIpc) is 3.05. The van der Waals surface area contributed by atoms with Crippen LogP contribution < -0.4 is 4.74 Å². The number of likely N-dealkylation sites (tertiary alicyclic amines) is 2. The van der Waals surface area contributed by atoms with Crippen LogP contribution >= 0.6 is 0 Å². The summed E-state index contributed by atoms with van der Waals surface area (Å²) in [5, 5.41) is 0. The highest BCUT2D eigenvalue weighted by Crippen LogP contribution is 2.41. The molecule has 1 spiro atoms. The van der Waals surface area contributed by atoms with Gasteiger partial charge in [0.2, 0.25) is 5.91 Å². The summed E-state index contributed by atoms with van der Waals surface area (Å²) in [5.74, 6) is 1.21. The van der Waals surface area contributed by atoms with E-state index in [1.807, 2.05) is 30.3 Å². The maximum Gasteiger partial charge on any atom is 0.223 e. The van der Waals surface area contributed by atoms with Crippen molar-refractivity contribution in [3.8, 4) is 5.75 Å². The van der Waals surface area contributed by atoms with Gasteiger partial charge in [0.15, 0.2) is 0 Å². The molecule has 2 aromatic carbocycles. The second kappa shape index (κ2) is 8.83. The minimum atomic E-state index is 0.183. The Bertz CT molecular complexity index is 837. The predicted molar refractivity (Wildman–Crippen MR) is 117 cm³/mol.